The molecule has 0 amide bonds. The van der Waals surface area contributed by atoms with E-state index in [4.69, 9.17) is 24.8 Å². The summed E-state index contributed by atoms with van der Waals surface area (Å²) in [5.74, 6) is -3.45. The van der Waals surface area contributed by atoms with Crippen molar-refractivity contribution in [2.75, 3.05) is 19.8 Å². The molecule has 0 aromatic carbocycles. The molecule has 1 aliphatic carbocycles. The summed E-state index contributed by atoms with van der Waals surface area (Å²) in [5, 5.41) is 29.6. The number of esters is 2. The van der Waals surface area contributed by atoms with Gasteiger partial charge in [0.15, 0.2) is 6.10 Å². The Morgan fingerprint density at radius 1 is 0.807 bits per heavy atom. The van der Waals surface area contributed by atoms with Gasteiger partial charge in [0, 0.05) is 31.1 Å². The lowest BCUT2D eigenvalue weighted by Crippen LogP contribution is -2.34. The fourth-order valence-corrected chi connectivity index (χ4v) is 7.35. The molecule has 6 N–H and O–H groups in total. The van der Waals surface area contributed by atoms with E-state index < -0.39 is 75.8 Å². The second-order valence-corrected chi connectivity index (χ2v) is 16.7. The van der Waals surface area contributed by atoms with Crippen LogP contribution in [0.5, 0.6) is 0 Å². The number of aliphatic hydroxyl groups excluding tert-OH is 2. The summed E-state index contributed by atoms with van der Waals surface area (Å²) in [6.07, 6.45) is 24.7. The summed E-state index contributed by atoms with van der Waals surface area (Å²) in [4.78, 5) is 58.6. The van der Waals surface area contributed by atoms with E-state index in [-0.39, 0.29) is 31.0 Å². The highest BCUT2D eigenvalue weighted by atomic mass is 31.2. The molecule has 0 saturated heterocycles. The average Bonchev–Trinajstić information content (AvgIpc) is 3.44. The van der Waals surface area contributed by atoms with Gasteiger partial charge >= 0.3 is 25.7 Å². The van der Waals surface area contributed by atoms with E-state index >= 15 is 0 Å². The summed E-state index contributed by atoms with van der Waals surface area (Å²) < 4.78 is 32.6. The van der Waals surface area contributed by atoms with Crippen LogP contribution in [0.4, 0.5) is 0 Å². The molecule has 1 aliphatic rings. The molecular formula is C42H74NO13P. The van der Waals surface area contributed by atoms with E-state index in [0.717, 1.165) is 38.5 Å². The number of allylic oxidation sites excluding steroid dienone is 3. The number of phosphoric ester groups is 1. The molecule has 1 fully saturated rings. The number of hydrogen-bond acceptors (Lipinski definition) is 12. The third-order valence-electron chi connectivity index (χ3n) is 10.1. The second-order valence-electron chi connectivity index (χ2n) is 15.3. The van der Waals surface area contributed by atoms with E-state index in [1.165, 1.54) is 57.8 Å². The van der Waals surface area contributed by atoms with E-state index in [2.05, 4.69) is 18.4 Å². The number of nitrogens with two attached hydrogens (primary N) is 1. The molecule has 15 heteroatoms. The van der Waals surface area contributed by atoms with Crippen LogP contribution in [0.1, 0.15) is 162 Å². The molecule has 0 aliphatic heterocycles. The Morgan fingerprint density at radius 3 is 1.98 bits per heavy atom. The van der Waals surface area contributed by atoms with Crippen LogP contribution >= 0.6 is 7.82 Å². The number of carboxylic acids is 1. The Kier molecular flexibility index (Phi) is 29.9. The largest absolute Gasteiger partial charge is 0.480 e. The van der Waals surface area contributed by atoms with Crippen molar-refractivity contribution in [1.29, 1.82) is 0 Å². The smallest absolute Gasteiger partial charge is 0.472 e. The number of phosphoric acid groups is 1. The number of carbonyl (C=O) groups excluding carboxylic acids is 3. The lowest BCUT2D eigenvalue weighted by Gasteiger charge is -2.20. The summed E-state index contributed by atoms with van der Waals surface area (Å²) in [6.45, 7) is 2.42. The quantitative estimate of drug-likeness (QED) is 0.0177. The van der Waals surface area contributed by atoms with Gasteiger partial charge in [-0.1, -0.05) is 134 Å². The van der Waals surface area contributed by atoms with Crippen molar-refractivity contribution in [3.05, 3.63) is 24.3 Å². The van der Waals surface area contributed by atoms with Crippen LogP contribution in [0.15, 0.2) is 24.3 Å². The minimum Gasteiger partial charge on any atom is -0.480 e. The SMILES string of the molecule is CCCCCCCCCCCCCCCC(=O)OC[C@H](COP(=O)(O)OC[C@H](N)C(=O)O)OC(=O)CCC/C=C\C[C@H]1[C@@H](O)CC(=O)[C@@H]1/C=C/[C@@H](O)CCCCC. The van der Waals surface area contributed by atoms with Gasteiger partial charge in [-0.2, -0.15) is 0 Å². The zero-order chi connectivity index (χ0) is 42.3. The molecule has 0 aromatic heterocycles. The molecule has 0 spiro atoms. The topological polar surface area (TPSA) is 229 Å². The minimum absolute atomic E-state index is 0.0275. The molecular weight excluding hydrogens is 757 g/mol. The van der Waals surface area contributed by atoms with E-state index in [9.17, 15) is 38.8 Å². The molecule has 0 radical (unpaired) electrons. The Balaban J connectivity index is 2.53. The van der Waals surface area contributed by atoms with Gasteiger partial charge in [-0.15, -0.1) is 0 Å². The number of carboxylic acid groups (broad SMARTS) is 1. The van der Waals surface area contributed by atoms with Gasteiger partial charge in [0.05, 0.1) is 25.4 Å². The predicted octanol–water partition coefficient (Wildman–Crippen LogP) is 7.65. The first-order chi connectivity index (χ1) is 27.3. The number of aliphatic carboxylic acids is 1. The molecule has 1 rings (SSSR count). The Morgan fingerprint density at radius 2 is 1.37 bits per heavy atom. The number of ketones is 1. The van der Waals surface area contributed by atoms with Gasteiger partial charge in [0.1, 0.15) is 18.4 Å². The van der Waals surface area contributed by atoms with Crippen LogP contribution in [0.3, 0.4) is 0 Å². The first-order valence-electron chi connectivity index (χ1n) is 21.5. The number of carbonyl (C=O) groups is 4. The zero-order valence-corrected chi connectivity index (χ0v) is 35.5. The van der Waals surface area contributed by atoms with Crippen LogP contribution < -0.4 is 5.73 Å². The summed E-state index contributed by atoms with van der Waals surface area (Å²) in [6, 6.07) is -1.56. The molecule has 0 aromatic rings. The second kappa shape index (κ2) is 32.4. The fraction of sp³-hybridized carbons (Fsp3) is 0.810. The van der Waals surface area contributed by atoms with Gasteiger partial charge in [0.2, 0.25) is 0 Å². The maximum atomic E-state index is 12.7. The monoisotopic (exact) mass is 831 g/mol. The van der Waals surface area contributed by atoms with Gasteiger partial charge in [0.25, 0.3) is 0 Å². The van der Waals surface area contributed by atoms with Crippen molar-refractivity contribution in [1.82, 2.24) is 0 Å². The number of hydrogen-bond donors (Lipinski definition) is 5. The van der Waals surface area contributed by atoms with Crippen molar-refractivity contribution in [3.63, 3.8) is 0 Å². The Bertz CT molecular complexity index is 1230. The number of rotatable bonds is 36. The number of Topliss-reactive ketones (excluding diaryl/α,β-unsaturated/α-hetero) is 1. The van der Waals surface area contributed by atoms with Gasteiger partial charge in [-0.25, -0.2) is 4.57 Å². The van der Waals surface area contributed by atoms with Crippen molar-refractivity contribution in [2.24, 2.45) is 17.6 Å². The molecule has 1 saturated carbocycles. The van der Waals surface area contributed by atoms with Gasteiger partial charge < -0.3 is 35.4 Å². The standard InChI is InChI=1S/C42H74NO13P/c1-3-5-7-8-9-10-11-12-13-14-15-16-21-25-40(47)53-30-34(31-54-57(51,52)55-32-37(43)42(49)50)56-41(48)26-22-18-17-20-24-35-36(39(46)29-38(35)45)28-27-33(44)23-19-6-4-2/h17,20,27-28,33-38,44-45H,3-16,18-19,21-26,29-32,43H2,1-2H3,(H,49,50)(H,51,52)/b20-17-,28-27+/t33-,34+,35+,36+,37-,38-/m0/s1. The molecule has 330 valence electrons. The third-order valence-corrected chi connectivity index (χ3v) is 11.0. The summed E-state index contributed by atoms with van der Waals surface area (Å²) in [5.41, 5.74) is 5.32. The molecule has 0 bridgehead atoms. The normalized spacial score (nSPS) is 19.8. The molecule has 7 atom stereocenters. The van der Waals surface area contributed by atoms with Gasteiger partial charge in [-0.05, 0) is 32.1 Å². The van der Waals surface area contributed by atoms with Crippen LogP contribution in [-0.2, 0) is 42.3 Å². The zero-order valence-electron chi connectivity index (χ0n) is 34.6. The molecule has 0 heterocycles. The highest BCUT2D eigenvalue weighted by molar-refractivity contribution is 7.47. The van der Waals surface area contributed by atoms with Crippen LogP contribution in [0, 0.1) is 11.8 Å². The highest BCUT2D eigenvalue weighted by Crippen LogP contribution is 2.43. The van der Waals surface area contributed by atoms with Crippen molar-refractivity contribution >= 4 is 31.5 Å². The Labute approximate surface area is 340 Å². The fourth-order valence-electron chi connectivity index (χ4n) is 6.58. The summed E-state index contributed by atoms with van der Waals surface area (Å²) in [7, 11) is -4.79. The molecule has 14 nitrogen and oxygen atoms in total. The van der Waals surface area contributed by atoms with Crippen LogP contribution in [-0.4, -0.2) is 88.1 Å². The minimum atomic E-state index is -4.79. The maximum absolute atomic E-state index is 12.7. The maximum Gasteiger partial charge on any atom is 0.472 e. The first kappa shape index (κ1) is 52.6. The molecule has 57 heavy (non-hydrogen) atoms. The number of aliphatic hydroxyl groups is 2. The first-order valence-corrected chi connectivity index (χ1v) is 23.0. The highest BCUT2D eigenvalue weighted by Gasteiger charge is 2.39. The van der Waals surface area contributed by atoms with E-state index in [1.54, 1.807) is 12.2 Å². The van der Waals surface area contributed by atoms with Gasteiger partial charge in [-0.3, -0.25) is 28.2 Å². The Hall–Kier alpha value is -2.45. The van der Waals surface area contributed by atoms with Crippen LogP contribution in [0.25, 0.3) is 0 Å². The van der Waals surface area contributed by atoms with Crippen LogP contribution in [0.2, 0.25) is 0 Å². The average molecular weight is 832 g/mol. The predicted molar refractivity (Wildman–Crippen MR) is 218 cm³/mol. The third kappa shape index (κ3) is 27.0. The molecule has 1 unspecified atom stereocenters. The van der Waals surface area contributed by atoms with Crippen molar-refractivity contribution in [3.8, 4) is 0 Å². The lowest BCUT2D eigenvalue weighted by atomic mass is 9.90. The number of unbranched alkanes of at least 4 members (excludes halogenated alkanes) is 15. The number of ether oxygens (including phenoxy) is 2. The van der Waals surface area contributed by atoms with E-state index in [1.807, 2.05) is 12.2 Å². The lowest BCUT2D eigenvalue weighted by molar-refractivity contribution is -0.161. The van der Waals surface area contributed by atoms with Crippen molar-refractivity contribution < 1.29 is 62.5 Å². The summed E-state index contributed by atoms with van der Waals surface area (Å²) >= 11 is 0. The van der Waals surface area contributed by atoms with Crippen molar-refractivity contribution in [2.45, 2.75) is 186 Å². The van der Waals surface area contributed by atoms with E-state index in [0.29, 0.717) is 32.1 Å².